The lowest BCUT2D eigenvalue weighted by molar-refractivity contribution is 0.0694. The number of hydrogen-bond acceptors (Lipinski definition) is 4. The molecule has 3 rings (SSSR count). The van der Waals surface area contributed by atoms with E-state index in [0.29, 0.717) is 22.3 Å². The van der Waals surface area contributed by atoms with Crippen molar-refractivity contribution in [3.63, 3.8) is 0 Å². The van der Waals surface area contributed by atoms with Crippen LogP contribution in [0.4, 0.5) is 4.39 Å². The number of carboxylic acids is 1. The van der Waals surface area contributed by atoms with Gasteiger partial charge in [0.2, 0.25) is 5.43 Å². The molecule has 1 atom stereocenters. The van der Waals surface area contributed by atoms with Crippen molar-refractivity contribution >= 4 is 28.6 Å². The van der Waals surface area contributed by atoms with Crippen molar-refractivity contribution < 1.29 is 19.4 Å². The fraction of sp³-hybridized carbons (Fsp3) is 0.318. The summed E-state index contributed by atoms with van der Waals surface area (Å²) in [7, 11) is 0. The first-order valence-electron chi connectivity index (χ1n) is 9.48. The van der Waals surface area contributed by atoms with E-state index in [0.717, 1.165) is 0 Å². The van der Waals surface area contributed by atoms with E-state index in [9.17, 15) is 24.2 Å². The molecule has 0 saturated carbocycles. The van der Waals surface area contributed by atoms with E-state index in [1.807, 2.05) is 13.8 Å². The van der Waals surface area contributed by atoms with Crippen LogP contribution in [0, 0.1) is 18.7 Å². The van der Waals surface area contributed by atoms with Crippen molar-refractivity contribution in [1.29, 1.82) is 0 Å². The quantitative estimate of drug-likeness (QED) is 0.614. The third-order valence-electron chi connectivity index (χ3n) is 5.24. The van der Waals surface area contributed by atoms with Crippen molar-refractivity contribution in [2.45, 2.75) is 33.2 Å². The van der Waals surface area contributed by atoms with E-state index >= 15 is 0 Å². The number of hydrogen-bond donors (Lipinski definition) is 2. The first kappa shape index (κ1) is 21.9. The number of benzene rings is 1. The SMILES string of the molecule is Cc1cc2c(nc1Cc1cccc(Cl)c1F)c(=O)c(C(=O)O)cn2[C@H](CO)C(C)C. The maximum absolute atomic E-state index is 14.4. The van der Waals surface area contributed by atoms with Crippen LogP contribution in [0.1, 0.15) is 47.1 Å². The molecule has 2 heterocycles. The van der Waals surface area contributed by atoms with Crippen molar-refractivity contribution in [3.8, 4) is 0 Å². The van der Waals surface area contributed by atoms with Crippen molar-refractivity contribution in [3.05, 3.63) is 73.9 Å². The fourth-order valence-electron chi connectivity index (χ4n) is 3.49. The summed E-state index contributed by atoms with van der Waals surface area (Å²) in [6, 6.07) is 5.93. The van der Waals surface area contributed by atoms with E-state index < -0.39 is 28.8 Å². The zero-order valence-corrected chi connectivity index (χ0v) is 17.6. The van der Waals surface area contributed by atoms with Crippen LogP contribution < -0.4 is 5.43 Å². The molecule has 0 radical (unpaired) electrons. The Morgan fingerprint density at radius 2 is 2.03 bits per heavy atom. The molecule has 0 amide bonds. The maximum atomic E-state index is 14.4. The average Bonchev–Trinajstić information content (AvgIpc) is 2.68. The van der Waals surface area contributed by atoms with Gasteiger partial charge in [0, 0.05) is 18.3 Å². The third-order valence-corrected chi connectivity index (χ3v) is 5.53. The minimum absolute atomic E-state index is 0.0100. The average molecular weight is 433 g/mol. The molecule has 0 saturated heterocycles. The van der Waals surface area contributed by atoms with E-state index in [1.54, 1.807) is 29.7 Å². The van der Waals surface area contributed by atoms with Crippen LogP contribution >= 0.6 is 11.6 Å². The van der Waals surface area contributed by atoms with Crippen LogP contribution in [0.15, 0.2) is 35.3 Å². The van der Waals surface area contributed by atoms with Gasteiger partial charge < -0.3 is 14.8 Å². The van der Waals surface area contributed by atoms with Gasteiger partial charge in [-0.3, -0.25) is 4.79 Å². The molecule has 0 spiro atoms. The summed E-state index contributed by atoms with van der Waals surface area (Å²) in [6.45, 7) is 5.33. The van der Waals surface area contributed by atoms with Gasteiger partial charge in [-0.2, -0.15) is 0 Å². The van der Waals surface area contributed by atoms with Crippen LogP contribution in [0.25, 0.3) is 11.0 Å². The van der Waals surface area contributed by atoms with Gasteiger partial charge in [0.05, 0.1) is 23.2 Å². The van der Waals surface area contributed by atoms with Crippen molar-refractivity contribution in [2.24, 2.45) is 5.92 Å². The molecular formula is C22H22ClFN2O4. The number of rotatable bonds is 6. The van der Waals surface area contributed by atoms with Crippen LogP contribution in [0.5, 0.6) is 0 Å². The van der Waals surface area contributed by atoms with Crippen molar-refractivity contribution in [1.82, 2.24) is 9.55 Å². The molecule has 3 aromatic rings. The maximum Gasteiger partial charge on any atom is 0.341 e. The second-order valence-electron chi connectivity index (χ2n) is 7.59. The van der Waals surface area contributed by atoms with E-state index in [-0.39, 0.29) is 29.5 Å². The van der Waals surface area contributed by atoms with E-state index in [1.165, 1.54) is 12.3 Å². The van der Waals surface area contributed by atoms with E-state index in [4.69, 9.17) is 11.6 Å². The van der Waals surface area contributed by atoms with E-state index in [2.05, 4.69) is 4.98 Å². The number of aliphatic hydroxyl groups is 1. The lowest BCUT2D eigenvalue weighted by Gasteiger charge is -2.25. The monoisotopic (exact) mass is 432 g/mol. The smallest absolute Gasteiger partial charge is 0.341 e. The Labute approximate surface area is 177 Å². The van der Waals surface area contributed by atoms with Gasteiger partial charge in [-0.05, 0) is 36.1 Å². The lowest BCUT2D eigenvalue weighted by atomic mass is 10.0. The van der Waals surface area contributed by atoms with Gasteiger partial charge in [0.1, 0.15) is 16.9 Å². The highest BCUT2D eigenvalue weighted by atomic mass is 35.5. The highest BCUT2D eigenvalue weighted by molar-refractivity contribution is 6.30. The first-order valence-corrected chi connectivity index (χ1v) is 9.85. The number of aryl methyl sites for hydroxylation is 1. The molecule has 1 aromatic carbocycles. The predicted octanol–water partition coefficient (Wildman–Crippen LogP) is 3.98. The van der Waals surface area contributed by atoms with Gasteiger partial charge in [0.15, 0.2) is 0 Å². The largest absolute Gasteiger partial charge is 0.477 e. The minimum Gasteiger partial charge on any atom is -0.477 e. The molecule has 30 heavy (non-hydrogen) atoms. The summed E-state index contributed by atoms with van der Waals surface area (Å²) in [4.78, 5) is 28.9. The summed E-state index contributed by atoms with van der Waals surface area (Å²) in [6.07, 6.45) is 1.35. The number of aromatic carboxylic acids is 1. The van der Waals surface area contributed by atoms with Gasteiger partial charge in [-0.25, -0.2) is 14.2 Å². The van der Waals surface area contributed by atoms with Crippen LogP contribution in [0.3, 0.4) is 0 Å². The molecule has 0 aliphatic heterocycles. The highest BCUT2D eigenvalue weighted by Crippen LogP contribution is 2.26. The second kappa shape index (κ2) is 8.53. The third kappa shape index (κ3) is 3.95. The Bertz CT molecular complexity index is 1190. The number of aromatic nitrogens is 2. The molecule has 2 aromatic heterocycles. The Morgan fingerprint density at radius 1 is 1.33 bits per heavy atom. The Kier molecular flexibility index (Phi) is 6.24. The fourth-order valence-corrected chi connectivity index (χ4v) is 3.68. The number of pyridine rings is 2. The predicted molar refractivity (Wildman–Crippen MR) is 113 cm³/mol. The second-order valence-corrected chi connectivity index (χ2v) is 7.99. The Morgan fingerprint density at radius 3 is 2.63 bits per heavy atom. The summed E-state index contributed by atoms with van der Waals surface area (Å²) in [5, 5.41) is 19.4. The summed E-state index contributed by atoms with van der Waals surface area (Å²) >= 11 is 5.86. The molecule has 2 N–H and O–H groups in total. The minimum atomic E-state index is -1.37. The molecule has 158 valence electrons. The van der Waals surface area contributed by atoms with Gasteiger partial charge in [-0.15, -0.1) is 0 Å². The number of carboxylic acid groups (broad SMARTS) is 1. The van der Waals surface area contributed by atoms with Gasteiger partial charge >= 0.3 is 5.97 Å². The zero-order valence-electron chi connectivity index (χ0n) is 16.8. The van der Waals surface area contributed by atoms with Gasteiger partial charge in [-0.1, -0.05) is 37.6 Å². The number of aliphatic hydroxyl groups excluding tert-OH is 1. The number of fused-ring (bicyclic) bond motifs is 1. The van der Waals surface area contributed by atoms with Gasteiger partial charge in [0.25, 0.3) is 0 Å². The summed E-state index contributed by atoms with van der Waals surface area (Å²) in [5.74, 6) is -1.96. The number of halogens is 2. The lowest BCUT2D eigenvalue weighted by Crippen LogP contribution is -2.26. The highest BCUT2D eigenvalue weighted by Gasteiger charge is 2.23. The summed E-state index contributed by atoms with van der Waals surface area (Å²) < 4.78 is 15.9. The van der Waals surface area contributed by atoms with Crippen LogP contribution in [-0.2, 0) is 6.42 Å². The molecule has 0 aliphatic rings. The van der Waals surface area contributed by atoms with Crippen LogP contribution in [0.2, 0.25) is 5.02 Å². The molecule has 6 nitrogen and oxygen atoms in total. The molecule has 0 aliphatic carbocycles. The van der Waals surface area contributed by atoms with Crippen LogP contribution in [-0.4, -0.2) is 32.3 Å². The number of nitrogens with zero attached hydrogens (tertiary/aromatic N) is 2. The van der Waals surface area contributed by atoms with Crippen molar-refractivity contribution in [2.75, 3.05) is 6.61 Å². The number of carbonyl (C=O) groups is 1. The zero-order chi connectivity index (χ0) is 22.2. The molecule has 8 heteroatoms. The first-order chi connectivity index (χ1) is 14.1. The molecule has 0 bridgehead atoms. The summed E-state index contributed by atoms with van der Waals surface area (Å²) in [5.41, 5.74) is 0.712. The Balaban J connectivity index is 2.28. The Hall–Kier alpha value is -2.77. The molecule has 0 unspecified atom stereocenters. The molecular weight excluding hydrogens is 411 g/mol. The standard InChI is InChI=1S/C22H22ClFN2O4/c1-11(2)18(10-27)26-9-14(22(29)30)21(28)20-17(26)7-12(3)16(25-20)8-13-5-4-6-15(23)19(13)24/h4-7,9,11,18,27H,8,10H2,1-3H3,(H,29,30)/t18-/m1/s1. The topological polar surface area (TPSA) is 92.4 Å². The normalized spacial score (nSPS) is 12.5. The molecule has 0 fully saturated rings.